The van der Waals surface area contributed by atoms with Crippen LogP contribution in [0.15, 0.2) is 35.3 Å². The Bertz CT molecular complexity index is 814. The molecule has 0 aliphatic carbocycles. The van der Waals surface area contributed by atoms with Gasteiger partial charge in [-0.25, -0.2) is 13.4 Å². The van der Waals surface area contributed by atoms with Crippen molar-refractivity contribution in [2.45, 2.75) is 19.0 Å². The minimum absolute atomic E-state index is 0.00111. The minimum Gasteiger partial charge on any atom is -0.311 e. The van der Waals surface area contributed by atoms with Crippen molar-refractivity contribution in [1.82, 2.24) is 14.9 Å². The van der Waals surface area contributed by atoms with Crippen molar-refractivity contribution < 1.29 is 8.42 Å². The summed E-state index contributed by atoms with van der Waals surface area (Å²) in [6.45, 7) is 1.06. The lowest BCUT2D eigenvalue weighted by molar-refractivity contribution is 0.519. The van der Waals surface area contributed by atoms with E-state index in [-0.39, 0.29) is 23.1 Å². The van der Waals surface area contributed by atoms with E-state index in [0.29, 0.717) is 19.5 Å². The highest BCUT2D eigenvalue weighted by atomic mass is 32.2. The Balaban J connectivity index is 1.71. The van der Waals surface area contributed by atoms with Crippen molar-refractivity contribution in [1.29, 1.82) is 0 Å². The highest BCUT2D eigenvalue weighted by Gasteiger charge is 2.27. The lowest BCUT2D eigenvalue weighted by Gasteiger charge is -2.13. The van der Waals surface area contributed by atoms with Crippen molar-refractivity contribution in [2.24, 2.45) is 0 Å². The quantitative estimate of drug-likeness (QED) is 0.871. The zero-order valence-electron chi connectivity index (χ0n) is 11.5. The van der Waals surface area contributed by atoms with Crippen LogP contribution >= 0.6 is 0 Å². The van der Waals surface area contributed by atoms with Crippen molar-refractivity contribution >= 4 is 20.9 Å². The summed E-state index contributed by atoms with van der Waals surface area (Å²) < 4.78 is 24.5. The lowest BCUT2D eigenvalue weighted by Crippen LogP contribution is -2.34. The molecule has 6 nitrogen and oxygen atoms in total. The van der Waals surface area contributed by atoms with Crippen molar-refractivity contribution in [3.05, 3.63) is 40.8 Å². The molecule has 1 unspecified atom stereocenters. The zero-order chi connectivity index (χ0) is 14.9. The van der Waals surface area contributed by atoms with Crippen LogP contribution in [0.1, 0.15) is 6.42 Å². The van der Waals surface area contributed by atoms with E-state index in [4.69, 9.17) is 0 Å². The summed E-state index contributed by atoms with van der Waals surface area (Å²) >= 11 is 0. The van der Waals surface area contributed by atoms with Crippen LogP contribution in [-0.2, 0) is 16.4 Å². The summed E-state index contributed by atoms with van der Waals surface area (Å²) in [7, 11) is -2.87. The topological polar surface area (TPSA) is 81.1 Å². The van der Waals surface area contributed by atoms with Crippen LogP contribution in [-0.4, -0.2) is 42.1 Å². The fourth-order valence-corrected chi connectivity index (χ4v) is 4.39. The van der Waals surface area contributed by atoms with E-state index in [0.717, 1.165) is 11.0 Å². The number of hydrogen-bond donors (Lipinski definition) is 1. The summed E-state index contributed by atoms with van der Waals surface area (Å²) in [5, 5.41) is 3.22. The summed E-state index contributed by atoms with van der Waals surface area (Å²) in [5.74, 6) is 0.446. The van der Waals surface area contributed by atoms with Crippen LogP contribution in [0.4, 0.5) is 0 Å². The number of rotatable bonds is 4. The number of aromatic nitrogens is 2. The molecule has 2 aromatic rings. The second-order valence-corrected chi connectivity index (χ2v) is 7.52. The maximum absolute atomic E-state index is 11.9. The SMILES string of the molecule is O=c1cnc2ccccc2n1CCNC1CCS(=O)(=O)C1. The third-order valence-corrected chi connectivity index (χ3v) is 5.52. The molecule has 0 saturated carbocycles. The van der Waals surface area contributed by atoms with Gasteiger partial charge in [-0.05, 0) is 18.6 Å². The second-order valence-electron chi connectivity index (χ2n) is 5.29. The first-order valence-corrected chi connectivity index (χ1v) is 8.76. The molecule has 1 aromatic heterocycles. The van der Waals surface area contributed by atoms with E-state index in [2.05, 4.69) is 10.3 Å². The van der Waals surface area contributed by atoms with Crippen LogP contribution < -0.4 is 10.9 Å². The fraction of sp³-hybridized carbons (Fsp3) is 0.429. The van der Waals surface area contributed by atoms with Gasteiger partial charge in [-0.1, -0.05) is 12.1 Å². The first kappa shape index (κ1) is 14.2. The Morgan fingerprint density at radius 2 is 2.14 bits per heavy atom. The van der Waals surface area contributed by atoms with Gasteiger partial charge in [0.05, 0.1) is 28.7 Å². The van der Waals surface area contributed by atoms with Crippen molar-refractivity contribution in [3.63, 3.8) is 0 Å². The molecule has 1 atom stereocenters. The number of benzene rings is 1. The number of nitrogens with zero attached hydrogens (tertiary/aromatic N) is 2. The van der Waals surface area contributed by atoms with Crippen molar-refractivity contribution in [2.75, 3.05) is 18.1 Å². The third kappa shape index (κ3) is 3.14. The van der Waals surface area contributed by atoms with E-state index in [1.54, 1.807) is 4.57 Å². The molecule has 1 aliphatic heterocycles. The van der Waals surface area contributed by atoms with Crippen molar-refractivity contribution in [3.8, 4) is 0 Å². The second kappa shape index (κ2) is 5.57. The van der Waals surface area contributed by atoms with Gasteiger partial charge in [0.1, 0.15) is 0 Å². The van der Waals surface area contributed by atoms with Gasteiger partial charge in [-0.2, -0.15) is 0 Å². The van der Waals surface area contributed by atoms with Crippen LogP contribution in [0.3, 0.4) is 0 Å². The van der Waals surface area contributed by atoms with Crippen LogP contribution in [0.5, 0.6) is 0 Å². The highest BCUT2D eigenvalue weighted by Crippen LogP contribution is 2.11. The van der Waals surface area contributed by atoms with Gasteiger partial charge >= 0.3 is 0 Å². The summed E-state index contributed by atoms with van der Waals surface area (Å²) in [6.07, 6.45) is 1.97. The maximum atomic E-state index is 11.9. The Kier molecular flexibility index (Phi) is 3.77. The zero-order valence-corrected chi connectivity index (χ0v) is 12.3. The Labute approximate surface area is 122 Å². The molecule has 0 amide bonds. The van der Waals surface area contributed by atoms with E-state index >= 15 is 0 Å². The maximum Gasteiger partial charge on any atom is 0.269 e. The molecule has 1 aliphatic rings. The minimum atomic E-state index is -2.87. The van der Waals surface area contributed by atoms with E-state index < -0.39 is 9.84 Å². The third-order valence-electron chi connectivity index (χ3n) is 3.75. The Hall–Kier alpha value is -1.73. The fourth-order valence-electron chi connectivity index (χ4n) is 2.68. The molecule has 112 valence electrons. The normalized spacial score (nSPS) is 20.9. The van der Waals surface area contributed by atoms with Crippen LogP contribution in [0.25, 0.3) is 11.0 Å². The number of nitrogens with one attached hydrogen (secondary N) is 1. The molecule has 3 rings (SSSR count). The van der Waals surface area contributed by atoms with Gasteiger partial charge in [0, 0.05) is 19.1 Å². The van der Waals surface area contributed by atoms with Gasteiger partial charge in [0.25, 0.3) is 5.56 Å². The smallest absolute Gasteiger partial charge is 0.269 e. The van der Waals surface area contributed by atoms with Gasteiger partial charge < -0.3 is 9.88 Å². The highest BCUT2D eigenvalue weighted by molar-refractivity contribution is 7.91. The Morgan fingerprint density at radius 1 is 1.33 bits per heavy atom. The summed E-state index contributed by atoms with van der Waals surface area (Å²) in [4.78, 5) is 16.1. The predicted octanol–water partition coefficient (Wildman–Crippen LogP) is 0.173. The van der Waals surface area contributed by atoms with Gasteiger partial charge in [-0.3, -0.25) is 4.79 Å². The first-order chi connectivity index (χ1) is 10.1. The average Bonchev–Trinajstić information content (AvgIpc) is 2.81. The lowest BCUT2D eigenvalue weighted by atomic mass is 10.2. The van der Waals surface area contributed by atoms with E-state index in [1.165, 1.54) is 6.20 Å². The Morgan fingerprint density at radius 3 is 2.90 bits per heavy atom. The monoisotopic (exact) mass is 307 g/mol. The number of fused-ring (bicyclic) bond motifs is 1. The van der Waals surface area contributed by atoms with Gasteiger partial charge in [0.2, 0.25) is 0 Å². The summed E-state index contributed by atoms with van der Waals surface area (Å²) in [5.41, 5.74) is 1.43. The number of para-hydroxylation sites is 2. The molecule has 2 heterocycles. The molecular formula is C14H17N3O3S. The predicted molar refractivity (Wildman–Crippen MR) is 81.1 cm³/mol. The molecule has 1 aromatic carbocycles. The molecular weight excluding hydrogens is 290 g/mol. The summed E-state index contributed by atoms with van der Waals surface area (Å²) in [6, 6.07) is 7.48. The molecule has 7 heteroatoms. The molecule has 1 fully saturated rings. The first-order valence-electron chi connectivity index (χ1n) is 6.93. The molecule has 1 saturated heterocycles. The molecule has 21 heavy (non-hydrogen) atoms. The van der Waals surface area contributed by atoms with E-state index in [1.807, 2.05) is 24.3 Å². The standard InChI is InChI=1S/C14H17N3O3S/c18-14-9-16-12-3-1-2-4-13(12)17(14)7-6-15-11-5-8-21(19,20)10-11/h1-4,9,11,15H,5-8,10H2. The average molecular weight is 307 g/mol. The molecule has 0 radical (unpaired) electrons. The molecule has 1 N–H and O–H groups in total. The molecule has 0 bridgehead atoms. The number of sulfone groups is 1. The van der Waals surface area contributed by atoms with Crippen LogP contribution in [0, 0.1) is 0 Å². The molecule has 0 spiro atoms. The largest absolute Gasteiger partial charge is 0.311 e. The van der Waals surface area contributed by atoms with E-state index in [9.17, 15) is 13.2 Å². The van der Waals surface area contributed by atoms with Gasteiger partial charge in [0.15, 0.2) is 9.84 Å². The number of hydrogen-bond acceptors (Lipinski definition) is 5. The van der Waals surface area contributed by atoms with Gasteiger partial charge in [-0.15, -0.1) is 0 Å². The van der Waals surface area contributed by atoms with Crippen LogP contribution in [0.2, 0.25) is 0 Å².